The summed E-state index contributed by atoms with van der Waals surface area (Å²) in [4.78, 5) is 0.856. The van der Waals surface area contributed by atoms with Gasteiger partial charge in [-0.05, 0) is 24.3 Å². The molecular formula is C9H12N2O2S4. The first-order valence-corrected chi connectivity index (χ1v) is 8.85. The molecule has 0 saturated carbocycles. The van der Waals surface area contributed by atoms with Crippen LogP contribution in [0.5, 0.6) is 0 Å². The number of hydrogen-bond donors (Lipinski definition) is 2. The molecule has 1 saturated heterocycles. The van der Waals surface area contributed by atoms with Crippen molar-refractivity contribution in [1.82, 2.24) is 4.72 Å². The predicted octanol–water partition coefficient (Wildman–Crippen LogP) is 1.17. The highest BCUT2D eigenvalue weighted by Gasteiger charge is 2.24. The third-order valence-electron chi connectivity index (χ3n) is 2.34. The molecule has 1 atom stereocenters. The maximum absolute atomic E-state index is 12.0. The largest absolute Gasteiger partial charge is 0.389 e. The zero-order valence-corrected chi connectivity index (χ0v) is 12.1. The highest BCUT2D eigenvalue weighted by Crippen LogP contribution is 2.24. The van der Waals surface area contributed by atoms with Gasteiger partial charge in [0.25, 0.3) is 0 Å². The van der Waals surface area contributed by atoms with E-state index in [1.54, 1.807) is 23.9 Å². The molecule has 1 aliphatic heterocycles. The maximum Gasteiger partial charge on any atom is 0.250 e. The Hall–Kier alpha value is -0.150. The van der Waals surface area contributed by atoms with Crippen molar-refractivity contribution in [2.45, 2.75) is 16.7 Å². The second-order valence-electron chi connectivity index (χ2n) is 3.66. The van der Waals surface area contributed by atoms with Crippen molar-refractivity contribution in [1.29, 1.82) is 0 Å². The molecule has 94 valence electrons. The Morgan fingerprint density at radius 1 is 1.53 bits per heavy atom. The molecule has 4 nitrogen and oxygen atoms in total. The average molecular weight is 308 g/mol. The molecule has 0 amide bonds. The van der Waals surface area contributed by atoms with Crippen molar-refractivity contribution in [2.75, 3.05) is 11.5 Å². The smallest absolute Gasteiger partial charge is 0.250 e. The molecule has 8 heteroatoms. The van der Waals surface area contributed by atoms with Crippen molar-refractivity contribution in [2.24, 2.45) is 5.73 Å². The lowest BCUT2D eigenvalue weighted by molar-refractivity contribution is 0.565. The molecule has 1 fully saturated rings. The number of nitrogens with two attached hydrogens (primary N) is 1. The topological polar surface area (TPSA) is 72.2 Å². The Labute approximate surface area is 114 Å². The van der Waals surface area contributed by atoms with Gasteiger partial charge in [-0.25, -0.2) is 13.1 Å². The van der Waals surface area contributed by atoms with Gasteiger partial charge in [0.05, 0.1) is 4.88 Å². The Bertz CT molecular complexity index is 517. The summed E-state index contributed by atoms with van der Waals surface area (Å²) < 4.78 is 27.0. The van der Waals surface area contributed by atoms with Crippen molar-refractivity contribution < 1.29 is 8.42 Å². The van der Waals surface area contributed by atoms with E-state index < -0.39 is 10.0 Å². The summed E-state index contributed by atoms with van der Waals surface area (Å²) in [5.74, 6) is 1.85. The molecule has 0 aliphatic carbocycles. The van der Waals surface area contributed by atoms with Crippen LogP contribution < -0.4 is 10.5 Å². The number of sulfonamides is 1. The van der Waals surface area contributed by atoms with E-state index in [4.69, 9.17) is 18.0 Å². The quantitative estimate of drug-likeness (QED) is 0.817. The minimum Gasteiger partial charge on any atom is -0.389 e. The first kappa shape index (κ1) is 13.3. The summed E-state index contributed by atoms with van der Waals surface area (Å²) in [5, 5.41) is 0. The van der Waals surface area contributed by atoms with E-state index in [-0.39, 0.29) is 15.2 Å². The van der Waals surface area contributed by atoms with Crippen LogP contribution in [0.1, 0.15) is 11.3 Å². The van der Waals surface area contributed by atoms with E-state index in [1.807, 2.05) is 0 Å². The zero-order valence-electron chi connectivity index (χ0n) is 8.88. The van der Waals surface area contributed by atoms with Crippen LogP contribution in [-0.4, -0.2) is 31.0 Å². The Balaban J connectivity index is 2.15. The van der Waals surface area contributed by atoms with Gasteiger partial charge in [-0.15, -0.1) is 11.3 Å². The molecule has 17 heavy (non-hydrogen) atoms. The van der Waals surface area contributed by atoms with E-state index in [2.05, 4.69) is 4.72 Å². The Morgan fingerprint density at radius 3 is 2.82 bits per heavy atom. The van der Waals surface area contributed by atoms with E-state index in [9.17, 15) is 8.42 Å². The molecule has 0 radical (unpaired) electrons. The lowest BCUT2D eigenvalue weighted by Gasteiger charge is -2.10. The maximum atomic E-state index is 12.0. The average Bonchev–Trinajstić information content (AvgIpc) is 2.84. The molecule has 0 spiro atoms. The molecule has 2 rings (SSSR count). The molecule has 3 N–H and O–H groups in total. The van der Waals surface area contributed by atoms with Crippen LogP contribution in [-0.2, 0) is 10.0 Å². The van der Waals surface area contributed by atoms with Crippen LogP contribution in [0.25, 0.3) is 0 Å². The molecule has 1 aromatic rings. The van der Waals surface area contributed by atoms with E-state index in [1.165, 1.54) is 0 Å². The molecule has 0 bridgehead atoms. The van der Waals surface area contributed by atoms with Crippen LogP contribution in [0, 0.1) is 0 Å². The first-order chi connectivity index (χ1) is 7.99. The third kappa shape index (κ3) is 3.19. The van der Waals surface area contributed by atoms with E-state index in [0.29, 0.717) is 4.88 Å². The van der Waals surface area contributed by atoms with Crippen LogP contribution in [0.4, 0.5) is 0 Å². The first-order valence-electron chi connectivity index (χ1n) is 4.99. The third-order valence-corrected chi connectivity index (χ3v) is 6.98. The highest BCUT2D eigenvalue weighted by atomic mass is 32.2. The molecule has 0 aromatic carbocycles. The van der Waals surface area contributed by atoms with E-state index in [0.717, 1.165) is 29.3 Å². The summed E-state index contributed by atoms with van der Waals surface area (Å²) in [5.41, 5.74) is 5.46. The molecule has 1 unspecified atom stereocenters. The normalized spacial score (nSPS) is 20.6. The van der Waals surface area contributed by atoms with Gasteiger partial charge in [-0.3, -0.25) is 0 Å². The Kier molecular flexibility index (Phi) is 4.09. The summed E-state index contributed by atoms with van der Waals surface area (Å²) in [6.45, 7) is 0. The molecule has 1 aliphatic rings. The van der Waals surface area contributed by atoms with Crippen LogP contribution in [0.2, 0.25) is 0 Å². The number of hydrogen-bond acceptors (Lipinski definition) is 5. The van der Waals surface area contributed by atoms with Gasteiger partial charge in [0.1, 0.15) is 9.20 Å². The standard InChI is InChI=1S/C9H12N2O2S4/c10-9(14)7-1-2-8(16-7)17(12,13)11-6-3-4-15-5-6/h1-2,6,11H,3-5H2,(H2,10,14). The minimum atomic E-state index is -3.42. The monoisotopic (exact) mass is 308 g/mol. The summed E-state index contributed by atoms with van der Waals surface area (Å²) in [6, 6.07) is 3.23. The SMILES string of the molecule is NC(=S)c1ccc(S(=O)(=O)NC2CCSC2)s1. The Morgan fingerprint density at radius 2 is 2.29 bits per heavy atom. The summed E-state index contributed by atoms with van der Waals surface area (Å²) >= 11 is 7.68. The summed E-state index contributed by atoms with van der Waals surface area (Å²) in [7, 11) is -3.42. The highest BCUT2D eigenvalue weighted by molar-refractivity contribution is 7.99. The van der Waals surface area contributed by atoms with Crippen molar-refractivity contribution in [3.8, 4) is 0 Å². The van der Waals surface area contributed by atoms with E-state index >= 15 is 0 Å². The van der Waals surface area contributed by atoms with Crippen LogP contribution in [0.3, 0.4) is 0 Å². The van der Waals surface area contributed by atoms with Gasteiger partial charge in [0.15, 0.2) is 0 Å². The van der Waals surface area contributed by atoms with Gasteiger partial charge in [0.2, 0.25) is 10.0 Å². The second-order valence-corrected chi connectivity index (χ2v) is 8.28. The minimum absolute atomic E-state index is 0.0420. The van der Waals surface area contributed by atoms with Crippen LogP contribution in [0.15, 0.2) is 16.3 Å². The van der Waals surface area contributed by atoms with Gasteiger partial charge in [-0.1, -0.05) is 12.2 Å². The number of thiophene rings is 1. The fourth-order valence-corrected chi connectivity index (χ4v) is 5.40. The van der Waals surface area contributed by atoms with Gasteiger partial charge >= 0.3 is 0 Å². The van der Waals surface area contributed by atoms with Crippen molar-refractivity contribution in [3.63, 3.8) is 0 Å². The second kappa shape index (κ2) is 5.23. The zero-order chi connectivity index (χ0) is 12.5. The van der Waals surface area contributed by atoms with Crippen molar-refractivity contribution in [3.05, 3.63) is 17.0 Å². The molecule has 1 aromatic heterocycles. The lowest BCUT2D eigenvalue weighted by Crippen LogP contribution is -2.34. The fraction of sp³-hybridized carbons (Fsp3) is 0.444. The lowest BCUT2D eigenvalue weighted by atomic mass is 10.3. The number of thioether (sulfide) groups is 1. The molecular weight excluding hydrogens is 296 g/mol. The summed E-state index contributed by atoms with van der Waals surface area (Å²) in [6.07, 6.45) is 0.886. The number of thiocarbonyl (C=S) groups is 1. The predicted molar refractivity (Wildman–Crippen MR) is 76.3 cm³/mol. The van der Waals surface area contributed by atoms with Crippen molar-refractivity contribution >= 4 is 50.3 Å². The van der Waals surface area contributed by atoms with Crippen LogP contribution >= 0.6 is 35.3 Å². The number of rotatable bonds is 4. The number of nitrogens with one attached hydrogen (secondary N) is 1. The fourth-order valence-electron chi connectivity index (χ4n) is 1.50. The molecule has 2 heterocycles. The van der Waals surface area contributed by atoms with Gasteiger partial charge in [-0.2, -0.15) is 11.8 Å². The van der Waals surface area contributed by atoms with Gasteiger partial charge in [0, 0.05) is 11.8 Å². The van der Waals surface area contributed by atoms with Gasteiger partial charge < -0.3 is 5.73 Å².